The van der Waals surface area contributed by atoms with Crippen LogP contribution in [0.1, 0.15) is 85.1 Å². The highest BCUT2D eigenvalue weighted by atomic mass is 16.5. The fourth-order valence-electron chi connectivity index (χ4n) is 5.17. The number of nitrogens with zero attached hydrogens (tertiary/aromatic N) is 2. The minimum absolute atomic E-state index is 0.0161. The normalized spacial score (nSPS) is 28.3. The Morgan fingerprint density at radius 1 is 1.03 bits per heavy atom. The topological polar surface area (TPSA) is 101 Å². The van der Waals surface area contributed by atoms with Gasteiger partial charge in [0.15, 0.2) is 5.69 Å². The van der Waals surface area contributed by atoms with Gasteiger partial charge in [0, 0.05) is 36.5 Å². The third-order valence-corrected chi connectivity index (χ3v) is 7.27. The molecule has 5 rings (SSSR count). The first-order valence-corrected chi connectivity index (χ1v) is 12.0. The van der Waals surface area contributed by atoms with Crippen LogP contribution in [-0.2, 0) is 4.79 Å². The van der Waals surface area contributed by atoms with Crippen LogP contribution in [0.4, 0.5) is 0 Å². The van der Waals surface area contributed by atoms with Gasteiger partial charge in [0.1, 0.15) is 5.76 Å². The van der Waals surface area contributed by atoms with Crippen LogP contribution in [0.3, 0.4) is 0 Å². The van der Waals surface area contributed by atoms with Gasteiger partial charge in [-0.1, -0.05) is 35.5 Å². The van der Waals surface area contributed by atoms with E-state index in [0.717, 1.165) is 56.3 Å². The Hall–Kier alpha value is -2.67. The highest BCUT2D eigenvalue weighted by molar-refractivity contribution is 5.92. The summed E-state index contributed by atoms with van der Waals surface area (Å²) in [6, 6.07) is 12.1. The monoisotopic (exact) mass is 436 g/mol. The molecular formula is C25H32N4O3. The molecule has 1 aromatic carbocycles. The van der Waals surface area contributed by atoms with Crippen LogP contribution in [0.5, 0.6) is 0 Å². The minimum Gasteiger partial charge on any atom is -0.360 e. The van der Waals surface area contributed by atoms with Crippen molar-refractivity contribution in [1.29, 1.82) is 0 Å². The number of hydrogen-bond donors (Lipinski definition) is 2. The smallest absolute Gasteiger partial charge is 0.273 e. The maximum Gasteiger partial charge on any atom is 0.273 e. The van der Waals surface area contributed by atoms with E-state index in [4.69, 9.17) is 10.3 Å². The van der Waals surface area contributed by atoms with Gasteiger partial charge in [-0.25, -0.2) is 0 Å². The predicted octanol–water partition coefficient (Wildman–Crippen LogP) is 3.53. The van der Waals surface area contributed by atoms with Crippen molar-refractivity contribution in [3.05, 3.63) is 53.4 Å². The van der Waals surface area contributed by atoms with E-state index in [0.29, 0.717) is 24.6 Å². The molecule has 0 radical (unpaired) electrons. The van der Waals surface area contributed by atoms with Crippen molar-refractivity contribution in [3.8, 4) is 0 Å². The minimum atomic E-state index is -0.196. The molecule has 1 unspecified atom stereocenters. The largest absolute Gasteiger partial charge is 0.360 e. The SMILES string of the molecule is N[C@H]1CC[C@H](C(=O)N2CCC(NC(=O)c3cc(C4CC4)on3)C[C@@H]2c2ccccc2)CC1. The number of hydrogen-bond acceptors (Lipinski definition) is 5. The molecule has 3 aliphatic rings. The summed E-state index contributed by atoms with van der Waals surface area (Å²) in [6.07, 6.45) is 7.21. The number of rotatable bonds is 5. The molecule has 170 valence electrons. The van der Waals surface area contributed by atoms with Gasteiger partial charge in [-0.05, 0) is 56.9 Å². The molecule has 2 amide bonds. The van der Waals surface area contributed by atoms with Crippen LogP contribution in [0.2, 0.25) is 0 Å². The maximum absolute atomic E-state index is 13.4. The number of amides is 2. The summed E-state index contributed by atoms with van der Waals surface area (Å²) in [5.74, 6) is 1.34. The zero-order valence-electron chi connectivity index (χ0n) is 18.4. The third kappa shape index (κ3) is 4.58. The highest BCUT2D eigenvalue weighted by Gasteiger charge is 2.37. The molecule has 7 nitrogen and oxygen atoms in total. The molecule has 1 saturated heterocycles. The van der Waals surface area contributed by atoms with Gasteiger partial charge >= 0.3 is 0 Å². The number of likely N-dealkylation sites (tertiary alicyclic amines) is 1. The molecule has 7 heteroatoms. The summed E-state index contributed by atoms with van der Waals surface area (Å²) in [5, 5.41) is 7.11. The summed E-state index contributed by atoms with van der Waals surface area (Å²) in [6.45, 7) is 0.637. The Bertz CT molecular complexity index is 947. The van der Waals surface area contributed by atoms with E-state index in [1.165, 1.54) is 0 Å². The van der Waals surface area contributed by atoms with Crippen LogP contribution in [-0.4, -0.2) is 40.5 Å². The molecule has 2 saturated carbocycles. The van der Waals surface area contributed by atoms with E-state index >= 15 is 0 Å². The zero-order chi connectivity index (χ0) is 22.1. The second-order valence-corrected chi connectivity index (χ2v) is 9.65. The molecule has 2 heterocycles. The van der Waals surface area contributed by atoms with Gasteiger partial charge in [-0.2, -0.15) is 0 Å². The number of benzene rings is 1. The Balaban J connectivity index is 1.28. The van der Waals surface area contributed by atoms with Gasteiger partial charge in [-0.15, -0.1) is 0 Å². The molecule has 3 N–H and O–H groups in total. The Kier molecular flexibility index (Phi) is 6.00. The Morgan fingerprint density at radius 2 is 1.78 bits per heavy atom. The lowest BCUT2D eigenvalue weighted by Gasteiger charge is -2.42. The molecule has 2 atom stereocenters. The molecule has 3 fully saturated rings. The van der Waals surface area contributed by atoms with Gasteiger partial charge in [0.05, 0.1) is 6.04 Å². The first kappa shape index (κ1) is 21.2. The average molecular weight is 437 g/mol. The lowest BCUT2D eigenvalue weighted by atomic mass is 9.83. The van der Waals surface area contributed by atoms with E-state index in [1.807, 2.05) is 23.1 Å². The van der Waals surface area contributed by atoms with Crippen LogP contribution >= 0.6 is 0 Å². The van der Waals surface area contributed by atoms with Crippen molar-refractivity contribution in [2.24, 2.45) is 11.7 Å². The van der Waals surface area contributed by atoms with Crippen LogP contribution in [0, 0.1) is 5.92 Å². The fourth-order valence-corrected chi connectivity index (χ4v) is 5.17. The number of piperidine rings is 1. The lowest BCUT2D eigenvalue weighted by Crippen LogP contribution is -2.50. The summed E-state index contributed by atoms with van der Waals surface area (Å²) in [4.78, 5) is 28.3. The first-order chi connectivity index (χ1) is 15.6. The van der Waals surface area contributed by atoms with E-state index < -0.39 is 0 Å². The molecule has 2 aliphatic carbocycles. The summed E-state index contributed by atoms with van der Waals surface area (Å²) in [5.41, 5.74) is 7.51. The molecular weight excluding hydrogens is 404 g/mol. The van der Waals surface area contributed by atoms with Gasteiger partial charge < -0.3 is 20.5 Å². The quantitative estimate of drug-likeness (QED) is 0.747. The van der Waals surface area contributed by atoms with Crippen molar-refractivity contribution in [3.63, 3.8) is 0 Å². The van der Waals surface area contributed by atoms with Crippen molar-refractivity contribution >= 4 is 11.8 Å². The molecule has 32 heavy (non-hydrogen) atoms. The number of nitrogens with two attached hydrogens (primary N) is 1. The van der Waals surface area contributed by atoms with Crippen LogP contribution < -0.4 is 11.1 Å². The van der Waals surface area contributed by atoms with Gasteiger partial charge in [-0.3, -0.25) is 9.59 Å². The first-order valence-electron chi connectivity index (χ1n) is 12.0. The number of nitrogens with one attached hydrogen (secondary N) is 1. The zero-order valence-corrected chi connectivity index (χ0v) is 18.4. The Morgan fingerprint density at radius 3 is 2.50 bits per heavy atom. The summed E-state index contributed by atoms with van der Waals surface area (Å²) in [7, 11) is 0. The number of carbonyl (C=O) groups is 2. The van der Waals surface area contributed by atoms with E-state index in [-0.39, 0.29) is 35.9 Å². The number of aromatic nitrogens is 1. The van der Waals surface area contributed by atoms with Crippen LogP contribution in [0.15, 0.2) is 40.9 Å². The highest BCUT2D eigenvalue weighted by Crippen LogP contribution is 2.40. The Labute approximate surface area is 188 Å². The van der Waals surface area contributed by atoms with Gasteiger partial charge in [0.2, 0.25) is 5.91 Å². The van der Waals surface area contributed by atoms with E-state index in [1.54, 1.807) is 6.07 Å². The maximum atomic E-state index is 13.4. The summed E-state index contributed by atoms with van der Waals surface area (Å²) < 4.78 is 5.34. The van der Waals surface area contributed by atoms with Crippen molar-refractivity contribution in [1.82, 2.24) is 15.4 Å². The average Bonchev–Trinajstić information content (AvgIpc) is 3.56. The third-order valence-electron chi connectivity index (χ3n) is 7.27. The van der Waals surface area contributed by atoms with Crippen molar-refractivity contribution < 1.29 is 14.1 Å². The second-order valence-electron chi connectivity index (χ2n) is 9.65. The molecule has 2 aromatic rings. The molecule has 0 bridgehead atoms. The predicted molar refractivity (Wildman–Crippen MR) is 120 cm³/mol. The summed E-state index contributed by atoms with van der Waals surface area (Å²) >= 11 is 0. The van der Waals surface area contributed by atoms with Crippen molar-refractivity contribution in [2.75, 3.05) is 6.54 Å². The van der Waals surface area contributed by atoms with E-state index in [2.05, 4.69) is 22.6 Å². The van der Waals surface area contributed by atoms with E-state index in [9.17, 15) is 9.59 Å². The van der Waals surface area contributed by atoms with Crippen LogP contribution in [0.25, 0.3) is 0 Å². The molecule has 0 spiro atoms. The second kappa shape index (κ2) is 9.06. The standard InChI is InChI=1S/C25H32N4O3/c26-19-10-8-18(9-11-19)25(31)29-13-12-20(14-22(29)16-4-2-1-3-5-16)27-24(30)21-15-23(32-28-21)17-6-7-17/h1-5,15,17-20,22H,6-14,26H2,(H,27,30)/t18-,19-,20?,22-/m1/s1. The van der Waals surface area contributed by atoms with Gasteiger partial charge in [0.25, 0.3) is 5.91 Å². The fraction of sp³-hybridized carbons (Fsp3) is 0.560. The molecule has 1 aromatic heterocycles. The number of carbonyl (C=O) groups excluding carboxylic acids is 2. The molecule has 1 aliphatic heterocycles. The van der Waals surface area contributed by atoms with Crippen molar-refractivity contribution in [2.45, 2.75) is 75.4 Å². The lowest BCUT2D eigenvalue weighted by molar-refractivity contribution is -0.141.